The molecule has 0 aliphatic heterocycles. The van der Waals surface area contributed by atoms with E-state index in [1.807, 2.05) is 0 Å². The number of rotatable bonds is 14. The van der Waals surface area contributed by atoms with Gasteiger partial charge in [0.2, 0.25) is 0 Å². The Bertz CT molecular complexity index is 3620. The van der Waals surface area contributed by atoms with E-state index in [1.165, 1.54) is 54.7 Å². The van der Waals surface area contributed by atoms with Crippen molar-refractivity contribution in [3.8, 4) is 0 Å². The first-order valence-electron chi connectivity index (χ1n) is 24.2. The second-order valence-electron chi connectivity index (χ2n) is 18.6. The molecule has 2 fully saturated rings. The number of hydrogen-bond acceptors (Lipinski definition) is 7. The van der Waals surface area contributed by atoms with E-state index in [9.17, 15) is 85.0 Å². The van der Waals surface area contributed by atoms with E-state index < -0.39 is 116 Å². The van der Waals surface area contributed by atoms with Gasteiger partial charge in [0, 0.05) is 60.7 Å². The monoisotopic (exact) mass is 1590 g/mol. The molecular weight excluding hydrogens is 1560 g/mol. The number of nitrogens with zero attached hydrogens (tertiary/aromatic N) is 5. The minimum Gasteiger partial charge on any atom is -0.382 e. The van der Waals surface area contributed by atoms with Crippen LogP contribution in [-0.2, 0) is 29.9 Å². The molecule has 12 nitrogen and oxygen atoms in total. The maximum Gasteiger partial charge on any atom is 0.435 e. The largest absolute Gasteiger partial charge is 0.435 e. The number of amides is 3. The zero-order chi connectivity index (χ0) is 64.9. The van der Waals surface area contributed by atoms with Gasteiger partial charge in [-0.2, -0.15) is 52.7 Å². The molecule has 34 heteroatoms. The zero-order valence-corrected chi connectivity index (χ0v) is 51.9. The summed E-state index contributed by atoms with van der Waals surface area (Å²) < 4.78 is 215. The number of benzene rings is 4. The number of anilines is 4. The van der Waals surface area contributed by atoms with E-state index in [2.05, 4.69) is 99.3 Å². The molecule has 3 amide bonds. The van der Waals surface area contributed by atoms with E-state index in [0.29, 0.717) is 18.0 Å². The summed E-state index contributed by atoms with van der Waals surface area (Å²) in [6, 6.07) is 14.1. The second kappa shape index (κ2) is 30.9. The number of alkyl halides is 14. The molecule has 2 heterocycles. The van der Waals surface area contributed by atoms with Crippen LogP contribution in [0.25, 0.3) is 9.69 Å². The molecule has 90 heavy (non-hydrogen) atoms. The van der Waals surface area contributed by atoms with E-state index in [-0.39, 0.29) is 104 Å². The summed E-state index contributed by atoms with van der Waals surface area (Å²) in [5.74, 6) is -4.08. The third-order valence-electron chi connectivity index (χ3n) is 12.5. The maximum atomic E-state index is 15.8. The Balaban J connectivity index is 0.000000398. The number of aromatic nitrogens is 2. The molecule has 0 saturated heterocycles. The van der Waals surface area contributed by atoms with Crippen LogP contribution in [0.5, 0.6) is 0 Å². The van der Waals surface area contributed by atoms with Gasteiger partial charge in [0.25, 0.3) is 34.6 Å². The average Bonchev–Trinajstić information content (AvgIpc) is 0.962. The summed E-state index contributed by atoms with van der Waals surface area (Å²) in [7, 11) is 0. The summed E-state index contributed by atoms with van der Waals surface area (Å²) in [4.78, 5) is 64.3. The topological polar surface area (TPSA) is 142 Å². The van der Waals surface area contributed by atoms with Crippen LogP contribution in [0.15, 0.2) is 115 Å². The van der Waals surface area contributed by atoms with Gasteiger partial charge in [0.1, 0.15) is 12.4 Å². The summed E-state index contributed by atoms with van der Waals surface area (Å²) >= 11 is 16.2. The van der Waals surface area contributed by atoms with Crippen molar-refractivity contribution in [1.82, 2.24) is 9.97 Å². The van der Waals surface area contributed by atoms with Crippen molar-refractivity contribution < 1.29 is 108 Å². The quantitative estimate of drug-likeness (QED) is 0.0560. The van der Waals surface area contributed by atoms with Gasteiger partial charge in [-0.3, -0.25) is 19.2 Å². The van der Waals surface area contributed by atoms with Gasteiger partial charge in [-0.25, -0.2) is 17.6 Å². The van der Waals surface area contributed by atoms with Crippen molar-refractivity contribution in [2.75, 3.05) is 33.9 Å². The molecule has 481 valence electrons. The van der Waals surface area contributed by atoms with Gasteiger partial charge in [-0.05, 0) is 174 Å². The third kappa shape index (κ3) is 17.8. The molecule has 8 rings (SSSR count). The molecule has 1 radical (unpaired) electrons. The van der Waals surface area contributed by atoms with Crippen LogP contribution in [0.1, 0.15) is 93.1 Å². The first-order valence-corrected chi connectivity index (χ1v) is 27.7. The van der Waals surface area contributed by atoms with Gasteiger partial charge in [-0.15, -0.1) is 9.97 Å². The average molecular weight is 1600 g/mol. The molecule has 0 atom stereocenters. The van der Waals surface area contributed by atoms with Crippen LogP contribution in [0.3, 0.4) is 0 Å². The summed E-state index contributed by atoms with van der Waals surface area (Å²) in [6.07, 6.45) is -19.3. The summed E-state index contributed by atoms with van der Waals surface area (Å²) in [5, 5.41) is 6.72. The molecule has 4 aromatic carbocycles. The van der Waals surface area contributed by atoms with Gasteiger partial charge in [0.05, 0.1) is 45.0 Å². The molecule has 3 N–H and O–H groups in total. The minimum absolute atomic E-state index is 0. The number of carbonyl (C=O) groups is 4. The SMILES string of the molecule is C.C.O=C(Nc1c(Br)cc(C(F)(C(F)(F)F)C(F)(F)F)cc1Br)c1cccc(NCC2CC2)c1F.[C-]#[N+]c1ccc(C(=O)Cl)cn1.[C-]#[N+]c1ccc(C(=O)N(CC2CC2)c2cccc(C(=O)Nc3c(Br)cc(C(F)(C(F)(F)F)C(F)(F)F)cc3Br)c2F)cn1.[V]. The van der Waals surface area contributed by atoms with Crippen molar-refractivity contribution in [2.24, 2.45) is 11.8 Å². The van der Waals surface area contributed by atoms with Gasteiger partial charge in [-0.1, -0.05) is 52.3 Å². The fourth-order valence-electron chi connectivity index (χ4n) is 7.60. The van der Waals surface area contributed by atoms with E-state index >= 15 is 4.39 Å². The number of halogens is 21. The third-order valence-corrected chi connectivity index (χ3v) is 15.3. The fourth-order valence-corrected chi connectivity index (χ4v) is 10.5. The zero-order valence-electron chi connectivity index (χ0n) is 43.4. The van der Waals surface area contributed by atoms with Crippen molar-refractivity contribution in [1.29, 1.82) is 0 Å². The molecule has 2 aliphatic rings. The van der Waals surface area contributed by atoms with Crippen molar-refractivity contribution in [3.05, 3.63) is 183 Å². The standard InChI is InChI=1S/C27H16Br2F8N4O2.C20H14Br2F8N2O.C7H3ClN2O.2CH4.V/c1-38-20-8-7-14(11-39-20)24(43)41(12-13-5-6-13)19-4-2-3-16(21(19)30)23(42)40-22-17(28)9-15(10-18(22)29)25(31,26(32,33)34)27(35,36)37;21-12-6-10(18(24,19(25,26)27)20(28,29)30)7-13(22)16(12)32-17(33)11-2-1-3-14(15(11)23)31-8-9-4-5-9;1-9-6-3-2-5(4-10-6)7(8)11;;;/h2-4,7-11,13H,5-6,12H2,(H,40,42);1-3,6-7,9,31H,4-5,8H2,(H,32,33);2-4H;2*1H4;. The Labute approximate surface area is 552 Å². The predicted molar refractivity (Wildman–Crippen MR) is 312 cm³/mol. The normalized spacial score (nSPS) is 13.1. The fraction of sp³-hybridized carbons (Fsp3) is 0.286. The van der Waals surface area contributed by atoms with E-state index in [4.69, 9.17) is 24.7 Å². The van der Waals surface area contributed by atoms with Crippen LogP contribution in [0, 0.1) is 36.6 Å². The Hall–Kier alpha value is -6.29. The van der Waals surface area contributed by atoms with Gasteiger partial charge in [0.15, 0.2) is 11.6 Å². The molecule has 0 spiro atoms. The number of pyridine rings is 2. The Morgan fingerprint density at radius 2 is 0.944 bits per heavy atom. The van der Waals surface area contributed by atoms with Gasteiger partial charge >= 0.3 is 36.0 Å². The van der Waals surface area contributed by atoms with Gasteiger partial charge < -0.3 is 30.5 Å². The summed E-state index contributed by atoms with van der Waals surface area (Å²) in [5.41, 5.74) is -16.5. The molecule has 0 bridgehead atoms. The number of carbonyl (C=O) groups excluding carboxylic acids is 4. The summed E-state index contributed by atoms with van der Waals surface area (Å²) in [6.45, 7) is 14.2. The van der Waals surface area contributed by atoms with Crippen LogP contribution >= 0.6 is 75.3 Å². The van der Waals surface area contributed by atoms with Crippen molar-refractivity contribution in [2.45, 2.75) is 76.6 Å². The first-order chi connectivity index (χ1) is 40.4. The molecule has 2 aliphatic carbocycles. The van der Waals surface area contributed by atoms with E-state index in [1.54, 1.807) is 0 Å². The van der Waals surface area contributed by atoms with Crippen molar-refractivity contribution >= 4 is 133 Å². The molecule has 2 saturated carbocycles. The maximum absolute atomic E-state index is 15.8. The van der Waals surface area contributed by atoms with Crippen LogP contribution in [0.2, 0.25) is 0 Å². The van der Waals surface area contributed by atoms with Crippen LogP contribution in [0.4, 0.5) is 105 Å². The molecular formula is C56H41Br4ClF16N8O4V. The Morgan fingerprint density at radius 1 is 0.567 bits per heavy atom. The second-order valence-corrected chi connectivity index (χ2v) is 22.4. The molecule has 0 unspecified atom stereocenters. The smallest absolute Gasteiger partial charge is 0.382 e. The molecule has 2 aromatic heterocycles. The molecule has 6 aromatic rings. The van der Waals surface area contributed by atoms with Crippen molar-refractivity contribution in [3.63, 3.8) is 0 Å². The predicted octanol–water partition coefficient (Wildman–Crippen LogP) is 19.9. The first kappa shape index (κ1) is 78.0. The van der Waals surface area contributed by atoms with Crippen LogP contribution in [-0.4, -0.2) is 70.7 Å². The van der Waals surface area contributed by atoms with Crippen LogP contribution < -0.4 is 20.9 Å². The minimum atomic E-state index is -6.36. The number of nitrogens with one attached hydrogen (secondary N) is 3. The Morgan fingerprint density at radius 3 is 1.29 bits per heavy atom. The Kier molecular flexibility index (Phi) is 26.8. The van der Waals surface area contributed by atoms with E-state index in [0.717, 1.165) is 48.9 Å². The number of hydrogen-bond donors (Lipinski definition) is 3.